The van der Waals surface area contributed by atoms with Crippen molar-refractivity contribution in [3.8, 4) is 0 Å². The van der Waals surface area contributed by atoms with Crippen LogP contribution in [0.5, 0.6) is 0 Å². The molecule has 2 aliphatic carbocycles. The van der Waals surface area contributed by atoms with E-state index in [4.69, 9.17) is 0 Å². The van der Waals surface area contributed by atoms with Gasteiger partial charge in [0.2, 0.25) is 5.91 Å². The lowest BCUT2D eigenvalue weighted by Gasteiger charge is -2.36. The smallest absolute Gasteiger partial charge is 0.260 e. The number of halogens is 2. The van der Waals surface area contributed by atoms with Crippen LogP contribution in [0.1, 0.15) is 36.3 Å². The fourth-order valence-electron chi connectivity index (χ4n) is 4.71. The summed E-state index contributed by atoms with van der Waals surface area (Å²) in [4.78, 5) is 40.6. The molecule has 182 valence electrons. The van der Waals surface area contributed by atoms with Gasteiger partial charge in [0.1, 0.15) is 11.7 Å². The number of piperazine rings is 1. The molecule has 0 spiro atoms. The van der Waals surface area contributed by atoms with Crippen LogP contribution in [0, 0.1) is 5.92 Å². The van der Waals surface area contributed by atoms with Gasteiger partial charge in [-0.1, -0.05) is 0 Å². The number of alkyl halides is 2. The first kappa shape index (κ1) is 22.1. The van der Waals surface area contributed by atoms with Crippen molar-refractivity contribution < 1.29 is 13.6 Å². The Morgan fingerprint density at radius 1 is 1.11 bits per heavy atom. The molecule has 2 saturated carbocycles. The summed E-state index contributed by atoms with van der Waals surface area (Å²) in [5, 5.41) is 2.47. The minimum Gasteiger partial charge on any atom is -0.368 e. The summed E-state index contributed by atoms with van der Waals surface area (Å²) in [5.74, 6) is -4.13. The number of fused-ring (bicyclic) bond motifs is 1. The lowest BCUT2D eigenvalue weighted by molar-refractivity contribution is -0.119. The number of aromatic amines is 1. The second-order valence-electron chi connectivity index (χ2n) is 9.78. The summed E-state index contributed by atoms with van der Waals surface area (Å²) in [6, 6.07) is 7.45. The highest BCUT2D eigenvalue weighted by Crippen LogP contribution is 2.49. The number of hydrogen-bond donors (Lipinski definition) is 2. The Labute approximate surface area is 200 Å². The molecular weight excluding hydrogens is 454 g/mol. The van der Waals surface area contributed by atoms with E-state index in [2.05, 4.69) is 30.1 Å². The zero-order valence-corrected chi connectivity index (χ0v) is 19.1. The maximum absolute atomic E-state index is 13.0. The van der Waals surface area contributed by atoms with Gasteiger partial charge in [-0.15, -0.1) is 0 Å². The molecule has 3 aliphatic rings. The van der Waals surface area contributed by atoms with Gasteiger partial charge in [0.05, 0.1) is 22.9 Å². The number of nitrogens with zero attached hydrogens (tertiary/aromatic N) is 4. The van der Waals surface area contributed by atoms with Crippen LogP contribution < -0.4 is 15.8 Å². The molecule has 3 fully saturated rings. The van der Waals surface area contributed by atoms with Crippen LogP contribution in [0.15, 0.2) is 41.5 Å². The third-order valence-electron chi connectivity index (χ3n) is 7.08. The first-order valence-corrected chi connectivity index (χ1v) is 12.0. The number of carbonyl (C=O) groups is 1. The van der Waals surface area contributed by atoms with Crippen molar-refractivity contribution in [3.63, 3.8) is 0 Å². The van der Waals surface area contributed by atoms with Gasteiger partial charge in [0.25, 0.3) is 11.5 Å². The molecule has 0 radical (unpaired) electrons. The van der Waals surface area contributed by atoms with E-state index in [1.807, 2.05) is 24.4 Å². The molecule has 3 aromatic heterocycles. The quantitative estimate of drug-likeness (QED) is 0.563. The van der Waals surface area contributed by atoms with E-state index in [9.17, 15) is 18.4 Å². The standard InChI is InChI=1S/C25H26F2N6O2/c26-25(27)11-19(25)24(35)31-22-4-3-17(13-29-22)33-7-5-32(6-8-33)14-15-9-21-20(28-12-15)10-18(16-1-2-16)23(34)30-21/h3-4,9-10,12-13,16,19H,1-2,5-8,11,14H2,(H,30,34)(H,29,31,35)/t19-/m0/s1. The highest BCUT2D eigenvalue weighted by Gasteiger charge is 2.61. The minimum atomic E-state index is -2.89. The van der Waals surface area contributed by atoms with Gasteiger partial charge in [-0.05, 0) is 48.6 Å². The first-order valence-electron chi connectivity index (χ1n) is 12.0. The van der Waals surface area contributed by atoms with Gasteiger partial charge in [0, 0.05) is 50.9 Å². The second kappa shape index (κ2) is 8.37. The van der Waals surface area contributed by atoms with Gasteiger partial charge in [-0.25, -0.2) is 13.8 Å². The van der Waals surface area contributed by atoms with E-state index >= 15 is 0 Å². The van der Waals surface area contributed by atoms with Crippen molar-refractivity contribution >= 4 is 28.4 Å². The van der Waals surface area contributed by atoms with Crippen molar-refractivity contribution in [1.82, 2.24) is 19.9 Å². The number of rotatable bonds is 6. The Kier molecular flexibility index (Phi) is 5.28. The van der Waals surface area contributed by atoms with E-state index in [-0.39, 0.29) is 11.4 Å². The van der Waals surface area contributed by atoms with Crippen molar-refractivity contribution in [1.29, 1.82) is 0 Å². The molecule has 1 saturated heterocycles. The lowest BCUT2D eigenvalue weighted by Crippen LogP contribution is -2.46. The van der Waals surface area contributed by atoms with Crippen LogP contribution in [0.3, 0.4) is 0 Å². The van der Waals surface area contributed by atoms with E-state index in [1.165, 1.54) is 0 Å². The van der Waals surface area contributed by atoms with E-state index in [0.29, 0.717) is 5.92 Å². The van der Waals surface area contributed by atoms with Gasteiger partial charge in [-0.3, -0.25) is 19.5 Å². The van der Waals surface area contributed by atoms with E-state index in [0.717, 1.165) is 73.4 Å². The molecule has 6 rings (SSSR count). The van der Waals surface area contributed by atoms with Gasteiger partial charge < -0.3 is 15.2 Å². The Balaban J connectivity index is 1.04. The fraction of sp³-hybridized carbons (Fsp3) is 0.440. The van der Waals surface area contributed by atoms with Crippen molar-refractivity contribution in [2.45, 2.75) is 37.6 Å². The summed E-state index contributed by atoms with van der Waals surface area (Å²) in [5.41, 5.74) is 4.44. The lowest BCUT2D eigenvalue weighted by atomic mass is 10.1. The Morgan fingerprint density at radius 2 is 1.89 bits per heavy atom. The van der Waals surface area contributed by atoms with Crippen LogP contribution in [-0.2, 0) is 11.3 Å². The second-order valence-corrected chi connectivity index (χ2v) is 9.78. The molecule has 2 N–H and O–H groups in total. The zero-order chi connectivity index (χ0) is 24.2. The van der Waals surface area contributed by atoms with Gasteiger partial charge >= 0.3 is 0 Å². The molecule has 3 aromatic rings. The molecule has 10 heteroatoms. The number of carbonyl (C=O) groups excluding carboxylic acids is 1. The summed E-state index contributed by atoms with van der Waals surface area (Å²) in [6.07, 6.45) is 5.32. The number of hydrogen-bond acceptors (Lipinski definition) is 6. The Bertz CT molecular complexity index is 1330. The SMILES string of the molecule is O=C(Nc1ccc(N2CCN(Cc3cnc4cc(C5CC5)c(=O)[nH]c4c3)CC2)cn1)[C@@H]1CC1(F)F. The average molecular weight is 481 g/mol. The summed E-state index contributed by atoms with van der Waals surface area (Å²) < 4.78 is 26.1. The maximum atomic E-state index is 13.0. The number of aromatic nitrogens is 3. The molecule has 1 amide bonds. The molecule has 0 unspecified atom stereocenters. The molecule has 0 aromatic carbocycles. The predicted octanol–water partition coefficient (Wildman–Crippen LogP) is 3.11. The highest BCUT2D eigenvalue weighted by atomic mass is 19.3. The van der Waals surface area contributed by atoms with Crippen LogP contribution in [0.2, 0.25) is 0 Å². The zero-order valence-electron chi connectivity index (χ0n) is 19.1. The molecule has 1 atom stereocenters. The monoisotopic (exact) mass is 480 g/mol. The van der Waals surface area contributed by atoms with Crippen molar-refractivity contribution in [3.05, 3.63) is 58.1 Å². The fourth-order valence-corrected chi connectivity index (χ4v) is 4.71. The van der Waals surface area contributed by atoms with E-state index in [1.54, 1.807) is 12.3 Å². The predicted molar refractivity (Wildman–Crippen MR) is 128 cm³/mol. The summed E-state index contributed by atoms with van der Waals surface area (Å²) in [7, 11) is 0. The molecule has 1 aliphatic heterocycles. The summed E-state index contributed by atoms with van der Waals surface area (Å²) >= 11 is 0. The number of H-pyrrole nitrogens is 1. The largest absolute Gasteiger partial charge is 0.368 e. The van der Waals surface area contributed by atoms with Crippen molar-refractivity contribution in [2.75, 3.05) is 36.4 Å². The highest BCUT2D eigenvalue weighted by molar-refractivity contribution is 5.94. The Hall–Kier alpha value is -3.40. The average Bonchev–Trinajstić information content (AvgIpc) is 3.77. The number of anilines is 2. The minimum absolute atomic E-state index is 0.00256. The number of nitrogens with one attached hydrogen (secondary N) is 2. The van der Waals surface area contributed by atoms with Gasteiger partial charge in [-0.2, -0.15) is 0 Å². The first-order chi connectivity index (χ1) is 16.9. The third-order valence-corrected chi connectivity index (χ3v) is 7.08. The molecule has 4 heterocycles. The van der Waals surface area contributed by atoms with Gasteiger partial charge in [0.15, 0.2) is 0 Å². The number of amides is 1. The molecular formula is C25H26F2N6O2. The van der Waals surface area contributed by atoms with E-state index < -0.39 is 24.2 Å². The topological polar surface area (TPSA) is 94.2 Å². The van der Waals surface area contributed by atoms with Crippen LogP contribution in [0.4, 0.5) is 20.3 Å². The van der Waals surface area contributed by atoms with Crippen molar-refractivity contribution in [2.24, 2.45) is 5.92 Å². The van der Waals surface area contributed by atoms with Crippen LogP contribution >= 0.6 is 0 Å². The number of pyridine rings is 3. The van der Waals surface area contributed by atoms with Crippen LogP contribution in [0.25, 0.3) is 11.0 Å². The maximum Gasteiger partial charge on any atom is 0.260 e. The molecule has 8 nitrogen and oxygen atoms in total. The molecule has 0 bridgehead atoms. The van der Waals surface area contributed by atoms with Crippen LogP contribution in [-0.4, -0.2) is 57.9 Å². The normalized spacial score (nSPS) is 21.8. The third kappa shape index (κ3) is 4.62. The molecule has 35 heavy (non-hydrogen) atoms. The Morgan fingerprint density at radius 3 is 2.54 bits per heavy atom. The summed E-state index contributed by atoms with van der Waals surface area (Å²) in [6.45, 7) is 4.07.